The Kier molecular flexibility index (Phi) is 5.13. The number of anilines is 1. The number of nitrogens with one attached hydrogen (secondary N) is 1. The zero-order chi connectivity index (χ0) is 18.7. The molecule has 26 heavy (non-hydrogen) atoms. The van der Waals surface area contributed by atoms with E-state index in [1.54, 1.807) is 48.5 Å². The second-order valence-electron chi connectivity index (χ2n) is 5.45. The summed E-state index contributed by atoms with van der Waals surface area (Å²) in [6, 6.07) is 13.6. The lowest BCUT2D eigenvalue weighted by Crippen LogP contribution is -2.26. The second kappa shape index (κ2) is 7.49. The largest absolute Gasteiger partial charge is 0.451 e. The third-order valence-corrected chi connectivity index (χ3v) is 4.14. The van der Waals surface area contributed by atoms with E-state index in [-0.39, 0.29) is 11.3 Å². The van der Waals surface area contributed by atoms with Gasteiger partial charge < -0.3 is 10.1 Å². The number of esters is 1. The zero-order valence-corrected chi connectivity index (χ0v) is 15.3. The number of ether oxygens (including phenoxy) is 1. The van der Waals surface area contributed by atoms with E-state index in [0.29, 0.717) is 16.5 Å². The highest BCUT2D eigenvalue weighted by Crippen LogP contribution is 2.15. The number of halogens is 1. The number of benzene rings is 2. The van der Waals surface area contributed by atoms with E-state index in [1.165, 1.54) is 7.05 Å². The Labute approximate surface area is 156 Å². The Hall–Kier alpha value is -3.00. The lowest BCUT2D eigenvalue weighted by Gasteiger charge is -2.09. The molecule has 0 unspecified atom stereocenters. The SMILES string of the molecule is Cn1nc(C(=O)OCC(=O)Nc2ccc(Br)cc2)c2ccccc2c1=O. The lowest BCUT2D eigenvalue weighted by molar-refractivity contribution is -0.119. The fourth-order valence-corrected chi connectivity index (χ4v) is 2.64. The third-order valence-electron chi connectivity index (χ3n) is 3.61. The van der Waals surface area contributed by atoms with Crippen molar-refractivity contribution in [3.8, 4) is 0 Å². The molecule has 8 heteroatoms. The van der Waals surface area contributed by atoms with E-state index >= 15 is 0 Å². The number of aryl methyl sites for hydroxylation is 1. The first-order valence-corrected chi connectivity index (χ1v) is 8.43. The Balaban J connectivity index is 1.73. The summed E-state index contributed by atoms with van der Waals surface area (Å²) in [6.07, 6.45) is 0. The van der Waals surface area contributed by atoms with Gasteiger partial charge in [-0.3, -0.25) is 9.59 Å². The predicted octanol–water partition coefficient (Wildman–Crippen LogP) is 2.49. The number of carbonyl (C=O) groups excluding carboxylic acids is 2. The summed E-state index contributed by atoms with van der Waals surface area (Å²) in [5, 5.41) is 7.33. The number of fused-ring (bicyclic) bond motifs is 1. The standard InChI is InChI=1S/C18H14BrN3O4/c1-22-17(24)14-5-3-2-4-13(14)16(21-22)18(25)26-10-15(23)20-12-8-6-11(19)7-9-12/h2-9H,10H2,1H3,(H,20,23). The van der Waals surface area contributed by atoms with Crippen LogP contribution in [-0.4, -0.2) is 28.3 Å². The molecule has 0 saturated heterocycles. The number of aromatic nitrogens is 2. The van der Waals surface area contributed by atoms with Crippen molar-refractivity contribution in [3.63, 3.8) is 0 Å². The highest BCUT2D eigenvalue weighted by molar-refractivity contribution is 9.10. The first kappa shape index (κ1) is 17.8. The summed E-state index contributed by atoms with van der Waals surface area (Å²) in [4.78, 5) is 36.4. The molecule has 1 heterocycles. The van der Waals surface area contributed by atoms with Crippen LogP contribution in [0.4, 0.5) is 5.69 Å². The molecule has 0 saturated carbocycles. The number of rotatable bonds is 4. The molecule has 0 aliphatic heterocycles. The van der Waals surface area contributed by atoms with Gasteiger partial charge in [-0.15, -0.1) is 0 Å². The molecule has 0 bridgehead atoms. The van der Waals surface area contributed by atoms with Crippen LogP contribution in [0.15, 0.2) is 57.8 Å². The molecule has 3 aromatic rings. The van der Waals surface area contributed by atoms with Crippen molar-refractivity contribution >= 4 is 44.3 Å². The molecule has 0 spiro atoms. The minimum atomic E-state index is -0.775. The number of amides is 1. The van der Waals surface area contributed by atoms with Crippen LogP contribution < -0.4 is 10.9 Å². The maximum atomic E-state index is 12.3. The maximum Gasteiger partial charge on any atom is 0.359 e. The molecular weight excluding hydrogens is 402 g/mol. The Morgan fingerprint density at radius 2 is 1.77 bits per heavy atom. The van der Waals surface area contributed by atoms with Crippen LogP contribution >= 0.6 is 15.9 Å². The first-order valence-electron chi connectivity index (χ1n) is 7.64. The van der Waals surface area contributed by atoms with Gasteiger partial charge in [0.1, 0.15) is 0 Å². The van der Waals surface area contributed by atoms with Crippen LogP contribution in [0.5, 0.6) is 0 Å². The van der Waals surface area contributed by atoms with Crippen molar-refractivity contribution in [2.75, 3.05) is 11.9 Å². The lowest BCUT2D eigenvalue weighted by atomic mass is 10.1. The van der Waals surface area contributed by atoms with Gasteiger partial charge in [0.15, 0.2) is 12.3 Å². The van der Waals surface area contributed by atoms with Gasteiger partial charge in [0.2, 0.25) is 0 Å². The van der Waals surface area contributed by atoms with E-state index in [2.05, 4.69) is 26.3 Å². The van der Waals surface area contributed by atoms with Gasteiger partial charge in [0, 0.05) is 22.6 Å². The summed E-state index contributed by atoms with van der Waals surface area (Å²) >= 11 is 3.30. The molecule has 0 aliphatic rings. The van der Waals surface area contributed by atoms with E-state index in [0.717, 1.165) is 9.15 Å². The topological polar surface area (TPSA) is 90.3 Å². The van der Waals surface area contributed by atoms with Crippen LogP contribution in [0.2, 0.25) is 0 Å². The van der Waals surface area contributed by atoms with Crippen molar-refractivity contribution in [1.29, 1.82) is 0 Å². The minimum absolute atomic E-state index is 0.0147. The first-order chi connectivity index (χ1) is 12.5. The Bertz CT molecular complexity index is 1040. The molecule has 0 aliphatic carbocycles. The molecule has 0 fully saturated rings. The molecule has 1 aromatic heterocycles. The fraction of sp³-hybridized carbons (Fsp3) is 0.111. The average molecular weight is 416 g/mol. The van der Waals surface area contributed by atoms with Gasteiger partial charge in [0.25, 0.3) is 11.5 Å². The quantitative estimate of drug-likeness (QED) is 0.661. The van der Waals surface area contributed by atoms with Crippen LogP contribution in [0, 0.1) is 0 Å². The third kappa shape index (κ3) is 3.80. The minimum Gasteiger partial charge on any atom is -0.451 e. The van der Waals surface area contributed by atoms with E-state index < -0.39 is 18.5 Å². The van der Waals surface area contributed by atoms with Gasteiger partial charge in [0.05, 0.1) is 5.39 Å². The maximum absolute atomic E-state index is 12.3. The zero-order valence-electron chi connectivity index (χ0n) is 13.7. The molecule has 7 nitrogen and oxygen atoms in total. The smallest absolute Gasteiger partial charge is 0.359 e. The molecule has 0 radical (unpaired) electrons. The van der Waals surface area contributed by atoms with Crippen molar-refractivity contribution in [1.82, 2.24) is 9.78 Å². The summed E-state index contributed by atoms with van der Waals surface area (Å²) in [6.45, 7) is -0.465. The molecule has 3 rings (SSSR count). The van der Waals surface area contributed by atoms with E-state index in [4.69, 9.17) is 4.74 Å². The van der Waals surface area contributed by atoms with E-state index in [9.17, 15) is 14.4 Å². The number of hydrogen-bond acceptors (Lipinski definition) is 5. The number of carbonyl (C=O) groups is 2. The van der Waals surface area contributed by atoms with Crippen LogP contribution in [0.3, 0.4) is 0 Å². The van der Waals surface area contributed by atoms with Gasteiger partial charge in [-0.25, -0.2) is 9.48 Å². The fourth-order valence-electron chi connectivity index (χ4n) is 2.38. The molecule has 1 N–H and O–H groups in total. The van der Waals surface area contributed by atoms with Crippen molar-refractivity contribution < 1.29 is 14.3 Å². The van der Waals surface area contributed by atoms with Gasteiger partial charge in [-0.05, 0) is 30.3 Å². The van der Waals surface area contributed by atoms with Gasteiger partial charge >= 0.3 is 5.97 Å². The van der Waals surface area contributed by atoms with Crippen LogP contribution in [-0.2, 0) is 16.6 Å². The van der Waals surface area contributed by atoms with Crippen molar-refractivity contribution in [2.45, 2.75) is 0 Å². The molecule has 1 amide bonds. The van der Waals surface area contributed by atoms with Crippen LogP contribution in [0.25, 0.3) is 10.8 Å². The monoisotopic (exact) mass is 415 g/mol. The van der Waals surface area contributed by atoms with Crippen LogP contribution in [0.1, 0.15) is 10.5 Å². The normalized spacial score (nSPS) is 10.5. The van der Waals surface area contributed by atoms with Gasteiger partial charge in [-0.2, -0.15) is 5.10 Å². The summed E-state index contributed by atoms with van der Waals surface area (Å²) < 4.78 is 7.00. The van der Waals surface area contributed by atoms with Crippen molar-refractivity contribution in [3.05, 3.63) is 69.1 Å². The summed E-state index contributed by atoms with van der Waals surface area (Å²) in [5.74, 6) is -1.25. The Morgan fingerprint density at radius 3 is 2.46 bits per heavy atom. The molecular formula is C18H14BrN3O4. The highest BCUT2D eigenvalue weighted by atomic mass is 79.9. The number of hydrogen-bond donors (Lipinski definition) is 1. The molecule has 2 aromatic carbocycles. The van der Waals surface area contributed by atoms with E-state index in [1.807, 2.05) is 0 Å². The highest BCUT2D eigenvalue weighted by Gasteiger charge is 2.18. The molecule has 132 valence electrons. The average Bonchev–Trinajstić information content (AvgIpc) is 2.64. The second-order valence-corrected chi connectivity index (χ2v) is 6.37. The van der Waals surface area contributed by atoms with Crippen molar-refractivity contribution in [2.24, 2.45) is 7.05 Å². The summed E-state index contributed by atoms with van der Waals surface area (Å²) in [7, 11) is 1.45. The summed E-state index contributed by atoms with van der Waals surface area (Å²) in [5.41, 5.74) is 0.254. The number of nitrogens with zero attached hydrogens (tertiary/aromatic N) is 2. The Morgan fingerprint density at radius 1 is 1.12 bits per heavy atom. The predicted molar refractivity (Wildman–Crippen MR) is 100 cm³/mol. The van der Waals surface area contributed by atoms with Gasteiger partial charge in [-0.1, -0.05) is 34.1 Å². The molecule has 0 atom stereocenters.